The molecule has 1 N–H and O–H groups in total. The Bertz CT molecular complexity index is 796. The molecule has 3 heterocycles. The number of hydrogen-bond acceptors (Lipinski definition) is 5. The number of nitrogens with zero attached hydrogens (tertiary/aromatic N) is 2. The quantitative estimate of drug-likeness (QED) is 0.866. The minimum absolute atomic E-state index is 0.00439. The maximum atomic E-state index is 12.3. The monoisotopic (exact) mass is 371 g/mol. The van der Waals surface area contributed by atoms with Crippen LogP contribution in [0.15, 0.2) is 24.3 Å². The summed E-state index contributed by atoms with van der Waals surface area (Å²) in [5, 5.41) is 4.00. The lowest BCUT2D eigenvalue weighted by Crippen LogP contribution is -2.29. The molecule has 0 spiro atoms. The molecule has 1 aromatic carbocycles. The van der Waals surface area contributed by atoms with Crippen molar-refractivity contribution < 1.29 is 9.53 Å². The number of carbonyl (C=O) groups is 1. The molecular formula is C20H25N3O2S. The normalized spacial score (nSPS) is 20.0. The average molecular weight is 372 g/mol. The zero-order valence-corrected chi connectivity index (χ0v) is 16.1. The third-order valence-corrected chi connectivity index (χ3v) is 6.12. The van der Waals surface area contributed by atoms with E-state index in [1.165, 1.54) is 19.3 Å². The predicted molar refractivity (Wildman–Crippen MR) is 105 cm³/mol. The number of thiazole rings is 1. The molecule has 1 aromatic heterocycles. The fourth-order valence-corrected chi connectivity index (χ4v) is 4.90. The van der Waals surface area contributed by atoms with Crippen LogP contribution in [0.2, 0.25) is 0 Å². The van der Waals surface area contributed by atoms with Crippen LogP contribution >= 0.6 is 11.3 Å². The Morgan fingerprint density at radius 3 is 2.77 bits per heavy atom. The Balaban J connectivity index is 1.71. The molecule has 1 fully saturated rings. The van der Waals surface area contributed by atoms with E-state index in [-0.39, 0.29) is 17.9 Å². The van der Waals surface area contributed by atoms with E-state index in [1.54, 1.807) is 11.3 Å². The van der Waals surface area contributed by atoms with Crippen LogP contribution in [-0.4, -0.2) is 30.1 Å². The highest BCUT2D eigenvalue weighted by Crippen LogP contribution is 2.45. The summed E-state index contributed by atoms with van der Waals surface area (Å²) in [5.74, 6) is 1.62. The van der Waals surface area contributed by atoms with Crippen molar-refractivity contribution in [1.29, 1.82) is 0 Å². The number of nitrogens with one attached hydrogen (secondary N) is 1. The van der Waals surface area contributed by atoms with E-state index in [0.29, 0.717) is 6.42 Å². The van der Waals surface area contributed by atoms with Gasteiger partial charge in [0.15, 0.2) is 5.13 Å². The van der Waals surface area contributed by atoms with Crippen molar-refractivity contribution in [2.24, 2.45) is 0 Å². The number of benzene rings is 1. The van der Waals surface area contributed by atoms with E-state index < -0.39 is 0 Å². The number of ether oxygens (including phenoxy) is 1. The van der Waals surface area contributed by atoms with E-state index in [2.05, 4.69) is 16.3 Å². The summed E-state index contributed by atoms with van der Waals surface area (Å²) < 4.78 is 6.01. The van der Waals surface area contributed by atoms with Crippen LogP contribution in [0.4, 0.5) is 10.9 Å². The lowest BCUT2D eigenvalue weighted by atomic mass is 9.91. The van der Waals surface area contributed by atoms with Crippen LogP contribution in [0.3, 0.4) is 0 Å². The van der Waals surface area contributed by atoms with Crippen molar-refractivity contribution in [3.05, 3.63) is 34.7 Å². The number of carbonyl (C=O) groups excluding carboxylic acids is 1. The summed E-state index contributed by atoms with van der Waals surface area (Å²) in [5.41, 5.74) is 1.08. The molecule has 0 bridgehead atoms. The van der Waals surface area contributed by atoms with Gasteiger partial charge in [0, 0.05) is 31.0 Å². The van der Waals surface area contributed by atoms with Crippen LogP contribution in [-0.2, 0) is 4.79 Å². The first-order chi connectivity index (χ1) is 12.6. The number of para-hydroxylation sites is 1. The smallest absolute Gasteiger partial charge is 0.226 e. The van der Waals surface area contributed by atoms with E-state index in [9.17, 15) is 4.79 Å². The zero-order chi connectivity index (χ0) is 18.1. The molecule has 26 heavy (non-hydrogen) atoms. The fraction of sp³-hybridized carbons (Fsp3) is 0.500. The number of rotatable bonds is 4. The SMILES string of the molecule is CC(C)Oc1ccccc1C1CC(=O)Nc2nc(N3CCCCC3)sc21. The minimum atomic E-state index is 0.00439. The Labute approximate surface area is 158 Å². The second-order valence-electron chi connectivity index (χ2n) is 7.27. The third-order valence-electron chi connectivity index (χ3n) is 4.89. The number of anilines is 2. The fourth-order valence-electron chi connectivity index (χ4n) is 3.71. The topological polar surface area (TPSA) is 54.5 Å². The summed E-state index contributed by atoms with van der Waals surface area (Å²) >= 11 is 1.72. The molecule has 6 heteroatoms. The molecule has 0 radical (unpaired) electrons. The van der Waals surface area contributed by atoms with Crippen molar-refractivity contribution in [2.45, 2.75) is 51.6 Å². The van der Waals surface area contributed by atoms with Crippen LogP contribution in [0, 0.1) is 0 Å². The number of hydrogen-bond donors (Lipinski definition) is 1. The molecule has 2 aromatic rings. The maximum Gasteiger partial charge on any atom is 0.226 e. The molecule has 1 unspecified atom stereocenters. The highest BCUT2D eigenvalue weighted by atomic mass is 32.1. The lowest BCUT2D eigenvalue weighted by Gasteiger charge is -2.25. The van der Waals surface area contributed by atoms with Crippen molar-refractivity contribution in [2.75, 3.05) is 23.3 Å². The first kappa shape index (κ1) is 17.3. The molecule has 0 aliphatic carbocycles. The number of piperidine rings is 1. The number of aromatic nitrogens is 1. The molecule has 1 atom stereocenters. The minimum Gasteiger partial charge on any atom is -0.491 e. The first-order valence-electron chi connectivity index (χ1n) is 9.43. The van der Waals surface area contributed by atoms with E-state index >= 15 is 0 Å². The van der Waals surface area contributed by atoms with Gasteiger partial charge in [0.25, 0.3) is 0 Å². The largest absolute Gasteiger partial charge is 0.491 e. The highest BCUT2D eigenvalue weighted by Gasteiger charge is 2.33. The molecule has 2 aliphatic rings. The Hall–Kier alpha value is -2.08. The van der Waals surface area contributed by atoms with Crippen molar-refractivity contribution >= 4 is 28.2 Å². The van der Waals surface area contributed by atoms with Gasteiger partial charge in [-0.05, 0) is 39.2 Å². The van der Waals surface area contributed by atoms with E-state index in [1.807, 2.05) is 32.0 Å². The molecule has 5 nitrogen and oxygen atoms in total. The molecule has 1 amide bonds. The van der Waals surface area contributed by atoms with Crippen LogP contribution in [0.5, 0.6) is 5.75 Å². The molecule has 1 saturated heterocycles. The van der Waals surface area contributed by atoms with E-state index in [4.69, 9.17) is 9.72 Å². The van der Waals surface area contributed by atoms with Gasteiger partial charge in [-0.3, -0.25) is 4.79 Å². The van der Waals surface area contributed by atoms with Crippen LogP contribution < -0.4 is 15.0 Å². The van der Waals surface area contributed by atoms with Gasteiger partial charge in [-0.15, -0.1) is 0 Å². The highest BCUT2D eigenvalue weighted by molar-refractivity contribution is 7.16. The predicted octanol–water partition coefficient (Wildman–Crippen LogP) is 4.39. The molecule has 2 aliphatic heterocycles. The lowest BCUT2D eigenvalue weighted by molar-refractivity contribution is -0.116. The maximum absolute atomic E-state index is 12.3. The second-order valence-corrected chi connectivity index (χ2v) is 8.28. The molecule has 138 valence electrons. The molecule has 0 saturated carbocycles. The van der Waals surface area contributed by atoms with Gasteiger partial charge in [-0.25, -0.2) is 4.98 Å². The Morgan fingerprint density at radius 1 is 1.23 bits per heavy atom. The van der Waals surface area contributed by atoms with Gasteiger partial charge in [-0.2, -0.15) is 0 Å². The summed E-state index contributed by atoms with van der Waals surface area (Å²) in [6.45, 7) is 6.16. The standard InChI is InChI=1S/C20H25N3O2S/c1-13(2)25-16-9-5-4-8-14(16)15-12-17(24)21-19-18(15)26-20(22-19)23-10-6-3-7-11-23/h4-5,8-9,13,15H,3,6-7,10-12H2,1-2H3,(H,21,24). The van der Waals surface area contributed by atoms with Gasteiger partial charge in [0.2, 0.25) is 5.91 Å². The molecule has 4 rings (SSSR count). The van der Waals surface area contributed by atoms with Gasteiger partial charge < -0.3 is 15.0 Å². The average Bonchev–Trinajstić information content (AvgIpc) is 3.06. The first-order valence-corrected chi connectivity index (χ1v) is 10.2. The number of amides is 1. The van der Waals surface area contributed by atoms with E-state index in [0.717, 1.165) is 40.2 Å². The summed E-state index contributed by atoms with van der Waals surface area (Å²) in [6.07, 6.45) is 4.25. The zero-order valence-electron chi connectivity index (χ0n) is 15.3. The second kappa shape index (κ2) is 7.27. The van der Waals surface area contributed by atoms with Gasteiger partial charge >= 0.3 is 0 Å². The summed E-state index contributed by atoms with van der Waals surface area (Å²) in [7, 11) is 0. The summed E-state index contributed by atoms with van der Waals surface area (Å²) in [4.78, 5) is 20.6. The summed E-state index contributed by atoms with van der Waals surface area (Å²) in [6, 6.07) is 8.07. The van der Waals surface area contributed by atoms with Crippen molar-refractivity contribution in [1.82, 2.24) is 4.98 Å². The van der Waals surface area contributed by atoms with Crippen LogP contribution in [0.25, 0.3) is 0 Å². The Morgan fingerprint density at radius 2 is 2.00 bits per heavy atom. The number of fused-ring (bicyclic) bond motifs is 1. The Kier molecular flexibility index (Phi) is 4.85. The van der Waals surface area contributed by atoms with Crippen LogP contribution in [0.1, 0.15) is 55.9 Å². The third kappa shape index (κ3) is 3.43. The molecular weight excluding hydrogens is 346 g/mol. The van der Waals surface area contributed by atoms with Crippen molar-refractivity contribution in [3.8, 4) is 5.75 Å². The van der Waals surface area contributed by atoms with Gasteiger partial charge in [-0.1, -0.05) is 29.5 Å². The van der Waals surface area contributed by atoms with Gasteiger partial charge in [0.1, 0.15) is 11.6 Å². The van der Waals surface area contributed by atoms with Gasteiger partial charge in [0.05, 0.1) is 11.0 Å². The van der Waals surface area contributed by atoms with Crippen molar-refractivity contribution in [3.63, 3.8) is 0 Å².